The Labute approximate surface area is 144 Å². The van der Waals surface area contributed by atoms with Crippen LogP contribution in [0.4, 0.5) is 0 Å². The van der Waals surface area contributed by atoms with E-state index < -0.39 is 11.9 Å². The lowest BCUT2D eigenvalue weighted by molar-refractivity contribution is -0.150. The third kappa shape index (κ3) is 4.82. The van der Waals surface area contributed by atoms with E-state index in [1.807, 2.05) is 18.2 Å². The summed E-state index contributed by atoms with van der Waals surface area (Å²) in [4.78, 5) is 12.3. The lowest BCUT2D eigenvalue weighted by Crippen LogP contribution is -2.41. The normalized spacial score (nSPS) is 22.2. The van der Waals surface area contributed by atoms with Gasteiger partial charge in [0, 0.05) is 6.61 Å². The summed E-state index contributed by atoms with van der Waals surface area (Å²) >= 11 is 0. The largest absolute Gasteiger partial charge is 0.465 e. The molecule has 0 spiro atoms. The molecule has 0 saturated carbocycles. The number of rotatable bonds is 6. The predicted molar refractivity (Wildman–Crippen MR) is 92.1 cm³/mol. The van der Waals surface area contributed by atoms with Gasteiger partial charge >= 0.3 is 5.97 Å². The lowest BCUT2D eigenvalue weighted by Gasteiger charge is -2.40. The van der Waals surface area contributed by atoms with E-state index in [0.717, 1.165) is 18.4 Å². The monoisotopic (exact) mass is 329 g/mol. The van der Waals surface area contributed by atoms with Crippen LogP contribution in [0.5, 0.6) is 0 Å². The van der Waals surface area contributed by atoms with Gasteiger partial charge in [-0.25, -0.2) is 0 Å². The smallest absolute Gasteiger partial charge is 0.323 e. The molecule has 1 aromatic carbocycles. The molecule has 0 aromatic heterocycles. The van der Waals surface area contributed by atoms with E-state index in [9.17, 15) is 10.1 Å². The zero-order chi connectivity index (χ0) is 17.6. The number of esters is 1. The van der Waals surface area contributed by atoms with E-state index in [0.29, 0.717) is 19.6 Å². The zero-order valence-corrected chi connectivity index (χ0v) is 14.8. The van der Waals surface area contributed by atoms with Crippen molar-refractivity contribution in [2.75, 3.05) is 13.2 Å². The molecule has 1 aliphatic heterocycles. The van der Waals surface area contributed by atoms with E-state index >= 15 is 0 Å². The average molecular weight is 329 g/mol. The fourth-order valence-electron chi connectivity index (χ4n) is 3.64. The number of hydrogen-bond donors (Lipinski definition) is 0. The van der Waals surface area contributed by atoms with Crippen molar-refractivity contribution in [2.24, 2.45) is 17.8 Å². The van der Waals surface area contributed by atoms with Crippen LogP contribution >= 0.6 is 0 Å². The summed E-state index contributed by atoms with van der Waals surface area (Å²) in [7, 11) is 0. The predicted octanol–water partition coefficient (Wildman–Crippen LogP) is 3.75. The molecule has 0 bridgehead atoms. The second-order valence-electron chi connectivity index (χ2n) is 7.07. The fourth-order valence-corrected chi connectivity index (χ4v) is 3.64. The number of hydrogen-bond acceptors (Lipinski definition) is 4. The molecule has 24 heavy (non-hydrogen) atoms. The second kappa shape index (κ2) is 8.30. The van der Waals surface area contributed by atoms with Gasteiger partial charge in [-0.3, -0.25) is 4.79 Å². The van der Waals surface area contributed by atoms with E-state index in [1.165, 1.54) is 0 Å². The van der Waals surface area contributed by atoms with Crippen molar-refractivity contribution in [1.29, 1.82) is 5.26 Å². The van der Waals surface area contributed by atoms with Gasteiger partial charge in [-0.1, -0.05) is 30.3 Å². The van der Waals surface area contributed by atoms with Crippen LogP contribution in [0.25, 0.3) is 0 Å². The summed E-state index contributed by atoms with van der Waals surface area (Å²) in [5.41, 5.74) is 0.934. The number of benzene rings is 1. The van der Waals surface area contributed by atoms with Crippen LogP contribution in [0.1, 0.15) is 39.2 Å². The Balaban J connectivity index is 2.26. The maximum absolute atomic E-state index is 12.3. The molecule has 4 nitrogen and oxygen atoms in total. The molecule has 1 saturated heterocycles. The van der Waals surface area contributed by atoms with Gasteiger partial charge < -0.3 is 9.47 Å². The molecule has 0 unspecified atom stereocenters. The molecular weight excluding hydrogens is 302 g/mol. The highest BCUT2D eigenvalue weighted by atomic mass is 16.5. The number of nitrogens with zero attached hydrogens (tertiary/aromatic N) is 1. The van der Waals surface area contributed by atoms with Crippen LogP contribution in [0.2, 0.25) is 0 Å². The summed E-state index contributed by atoms with van der Waals surface area (Å²) in [6.45, 7) is 6.89. The molecule has 4 heteroatoms. The topological polar surface area (TPSA) is 59.3 Å². The van der Waals surface area contributed by atoms with Gasteiger partial charge in [0.05, 0.1) is 18.3 Å². The first-order chi connectivity index (χ1) is 11.5. The maximum Gasteiger partial charge on any atom is 0.323 e. The van der Waals surface area contributed by atoms with Crippen molar-refractivity contribution in [3.05, 3.63) is 35.9 Å². The van der Waals surface area contributed by atoms with E-state index in [4.69, 9.17) is 9.47 Å². The van der Waals surface area contributed by atoms with Crippen molar-refractivity contribution in [1.82, 2.24) is 0 Å². The Morgan fingerprint density at radius 1 is 1.42 bits per heavy atom. The molecule has 1 heterocycles. The molecule has 3 atom stereocenters. The second-order valence-corrected chi connectivity index (χ2v) is 7.07. The van der Waals surface area contributed by atoms with E-state index in [1.54, 1.807) is 6.92 Å². The molecule has 130 valence electrons. The minimum absolute atomic E-state index is 0.0559. The van der Waals surface area contributed by atoms with Crippen molar-refractivity contribution in [3.63, 3.8) is 0 Å². The van der Waals surface area contributed by atoms with Crippen LogP contribution in [0.3, 0.4) is 0 Å². The number of ether oxygens (including phenoxy) is 2. The highest BCUT2D eigenvalue weighted by Gasteiger charge is 2.40. The average Bonchev–Trinajstić information content (AvgIpc) is 2.55. The Hall–Kier alpha value is -1.86. The Bertz CT molecular complexity index is 576. The molecule has 0 amide bonds. The highest BCUT2D eigenvalue weighted by Crippen LogP contribution is 2.38. The molecule has 1 aliphatic rings. The van der Waals surface area contributed by atoms with Gasteiger partial charge in [-0.2, -0.15) is 5.26 Å². The van der Waals surface area contributed by atoms with E-state index in [-0.39, 0.29) is 17.4 Å². The standard InChI is InChI=1S/C20H27NO3/c1-4-23-19(22)18(14-21)17(12-15-8-6-5-7-9-15)16-10-11-24-20(2,3)13-16/h5-9,16-18H,4,10-13H2,1-3H3/t16-,17-,18-/m0/s1. The maximum atomic E-state index is 12.3. The van der Waals surface area contributed by atoms with Gasteiger partial charge in [0.2, 0.25) is 0 Å². The summed E-state index contributed by atoms with van der Waals surface area (Å²) in [5, 5.41) is 9.65. The Morgan fingerprint density at radius 3 is 2.71 bits per heavy atom. The van der Waals surface area contributed by atoms with Gasteiger partial charge in [-0.05, 0) is 57.4 Å². The number of carbonyl (C=O) groups is 1. The molecular formula is C20H27NO3. The van der Waals surface area contributed by atoms with Crippen LogP contribution in [0.15, 0.2) is 30.3 Å². The molecule has 0 N–H and O–H groups in total. The first kappa shape index (κ1) is 18.5. The van der Waals surface area contributed by atoms with Crippen molar-refractivity contribution in [3.8, 4) is 6.07 Å². The lowest BCUT2D eigenvalue weighted by atomic mass is 9.71. The SMILES string of the molecule is CCOC(=O)[C@@H](C#N)[C@@H](Cc1ccccc1)[C@H]1CCOC(C)(C)C1. The van der Waals surface area contributed by atoms with Crippen LogP contribution in [0, 0.1) is 29.1 Å². The molecule has 1 aromatic rings. The van der Waals surface area contributed by atoms with Crippen molar-refractivity contribution >= 4 is 5.97 Å². The Kier molecular flexibility index (Phi) is 6.39. The first-order valence-corrected chi connectivity index (χ1v) is 8.71. The summed E-state index contributed by atoms with van der Waals surface area (Å²) in [6.07, 6.45) is 2.43. The Morgan fingerprint density at radius 2 is 2.12 bits per heavy atom. The number of carbonyl (C=O) groups excluding carboxylic acids is 1. The van der Waals surface area contributed by atoms with Crippen molar-refractivity contribution < 1.29 is 14.3 Å². The molecule has 0 aliphatic carbocycles. The highest BCUT2D eigenvalue weighted by molar-refractivity contribution is 5.75. The molecule has 2 rings (SSSR count). The number of nitriles is 1. The summed E-state index contributed by atoms with van der Waals surface area (Å²) in [5.74, 6) is -0.920. The summed E-state index contributed by atoms with van der Waals surface area (Å²) < 4.78 is 11.0. The van der Waals surface area contributed by atoms with Crippen LogP contribution < -0.4 is 0 Å². The van der Waals surface area contributed by atoms with Crippen LogP contribution in [-0.2, 0) is 20.7 Å². The van der Waals surface area contributed by atoms with Crippen LogP contribution in [-0.4, -0.2) is 24.8 Å². The minimum atomic E-state index is -0.732. The minimum Gasteiger partial charge on any atom is -0.465 e. The van der Waals surface area contributed by atoms with Gasteiger partial charge in [0.15, 0.2) is 0 Å². The third-order valence-corrected chi connectivity index (χ3v) is 4.76. The van der Waals surface area contributed by atoms with Gasteiger partial charge in [0.1, 0.15) is 5.92 Å². The van der Waals surface area contributed by atoms with Gasteiger partial charge in [0.25, 0.3) is 0 Å². The third-order valence-electron chi connectivity index (χ3n) is 4.76. The summed E-state index contributed by atoms with van der Waals surface area (Å²) in [6, 6.07) is 12.3. The quantitative estimate of drug-likeness (QED) is 0.746. The molecule has 1 fully saturated rings. The van der Waals surface area contributed by atoms with Gasteiger partial charge in [-0.15, -0.1) is 0 Å². The fraction of sp³-hybridized carbons (Fsp3) is 0.600. The van der Waals surface area contributed by atoms with E-state index in [2.05, 4.69) is 32.0 Å². The molecule has 0 radical (unpaired) electrons. The van der Waals surface area contributed by atoms with Crippen molar-refractivity contribution in [2.45, 2.75) is 45.6 Å². The zero-order valence-electron chi connectivity index (χ0n) is 14.8. The first-order valence-electron chi connectivity index (χ1n) is 8.71.